The average molecular weight is 239 g/mol. The summed E-state index contributed by atoms with van der Waals surface area (Å²) >= 11 is 0. The maximum atomic E-state index is 11.8. The molecule has 6 heteroatoms. The fraction of sp³-hybridized carbons (Fsp3) is 0.545. The van der Waals surface area contributed by atoms with Gasteiger partial charge in [0.1, 0.15) is 12.1 Å². The molecule has 1 amide bonds. The number of carbonyl (C=O) groups is 2. The molecule has 1 rings (SSSR count). The summed E-state index contributed by atoms with van der Waals surface area (Å²) in [5.41, 5.74) is 0.635. The monoisotopic (exact) mass is 239 g/mol. The van der Waals surface area contributed by atoms with Crippen LogP contribution in [0, 0.1) is 6.92 Å². The number of carboxylic acid groups (broad SMARTS) is 1. The van der Waals surface area contributed by atoms with Gasteiger partial charge in [-0.1, -0.05) is 0 Å². The zero-order valence-corrected chi connectivity index (χ0v) is 10.3. The molecule has 0 unspecified atom stereocenters. The number of rotatable bonds is 5. The van der Waals surface area contributed by atoms with Crippen molar-refractivity contribution in [1.29, 1.82) is 0 Å². The second-order valence-electron chi connectivity index (χ2n) is 3.67. The molecule has 0 aliphatic heterocycles. The minimum Gasteiger partial charge on any atom is -0.478 e. The zero-order valence-electron chi connectivity index (χ0n) is 10.3. The van der Waals surface area contributed by atoms with Crippen LogP contribution in [0.1, 0.15) is 29.9 Å². The molecular formula is C11H17N3O3. The second-order valence-corrected chi connectivity index (χ2v) is 3.67. The van der Waals surface area contributed by atoms with E-state index < -0.39 is 5.97 Å². The Kier molecular flexibility index (Phi) is 4.25. The Morgan fingerprint density at radius 3 is 2.41 bits per heavy atom. The summed E-state index contributed by atoms with van der Waals surface area (Å²) in [6.07, 6.45) is 1.27. The lowest BCUT2D eigenvalue weighted by molar-refractivity contribution is -0.131. The van der Waals surface area contributed by atoms with Crippen LogP contribution in [0.5, 0.6) is 0 Å². The molecule has 0 aliphatic carbocycles. The van der Waals surface area contributed by atoms with Crippen LogP contribution in [0.15, 0.2) is 6.20 Å². The first kappa shape index (κ1) is 13.2. The molecule has 0 saturated heterocycles. The molecule has 1 heterocycles. The summed E-state index contributed by atoms with van der Waals surface area (Å²) in [5.74, 6) is -1.08. The molecule has 0 fully saturated rings. The normalized spacial score (nSPS) is 10.3. The predicted octanol–water partition coefficient (Wildman–Crippen LogP) is 0.758. The van der Waals surface area contributed by atoms with E-state index in [1.165, 1.54) is 10.9 Å². The van der Waals surface area contributed by atoms with Crippen LogP contribution < -0.4 is 0 Å². The third-order valence-corrected chi connectivity index (χ3v) is 2.73. The number of carboxylic acids is 1. The van der Waals surface area contributed by atoms with E-state index in [0.717, 1.165) is 0 Å². The average Bonchev–Trinajstić information content (AvgIpc) is 2.62. The van der Waals surface area contributed by atoms with Gasteiger partial charge in [0.05, 0.1) is 11.9 Å². The van der Waals surface area contributed by atoms with Crippen LogP contribution in [-0.4, -0.2) is 44.8 Å². The van der Waals surface area contributed by atoms with Crippen LogP contribution in [-0.2, 0) is 11.3 Å². The van der Waals surface area contributed by atoms with Gasteiger partial charge in [-0.15, -0.1) is 0 Å². The maximum absolute atomic E-state index is 11.8. The molecule has 0 bridgehead atoms. The number of hydrogen-bond acceptors (Lipinski definition) is 3. The molecule has 0 atom stereocenters. The summed E-state index contributed by atoms with van der Waals surface area (Å²) in [6.45, 7) is 6.82. The van der Waals surface area contributed by atoms with E-state index in [1.54, 1.807) is 11.8 Å². The summed E-state index contributed by atoms with van der Waals surface area (Å²) in [6, 6.07) is 0. The zero-order chi connectivity index (χ0) is 13.0. The Labute approximate surface area is 99.8 Å². The van der Waals surface area contributed by atoms with Crippen molar-refractivity contribution in [3.05, 3.63) is 17.5 Å². The number of amides is 1. The minimum atomic E-state index is -1.02. The van der Waals surface area contributed by atoms with E-state index in [9.17, 15) is 9.59 Å². The highest BCUT2D eigenvalue weighted by atomic mass is 16.4. The van der Waals surface area contributed by atoms with Crippen molar-refractivity contribution in [3.63, 3.8) is 0 Å². The van der Waals surface area contributed by atoms with Gasteiger partial charge < -0.3 is 10.0 Å². The van der Waals surface area contributed by atoms with Crippen molar-refractivity contribution >= 4 is 11.9 Å². The van der Waals surface area contributed by atoms with Crippen molar-refractivity contribution in [3.8, 4) is 0 Å². The van der Waals surface area contributed by atoms with Crippen LogP contribution in [0.4, 0.5) is 0 Å². The molecule has 1 aromatic heterocycles. The van der Waals surface area contributed by atoms with Gasteiger partial charge in [0.2, 0.25) is 5.91 Å². The smallest absolute Gasteiger partial charge is 0.339 e. The van der Waals surface area contributed by atoms with Crippen molar-refractivity contribution in [1.82, 2.24) is 14.7 Å². The molecule has 1 aromatic rings. The molecule has 0 aliphatic rings. The highest BCUT2D eigenvalue weighted by Gasteiger charge is 2.16. The maximum Gasteiger partial charge on any atom is 0.339 e. The van der Waals surface area contributed by atoms with Crippen molar-refractivity contribution in [2.45, 2.75) is 27.3 Å². The number of hydrogen-bond donors (Lipinski definition) is 1. The van der Waals surface area contributed by atoms with Gasteiger partial charge in [0.25, 0.3) is 0 Å². The summed E-state index contributed by atoms with van der Waals surface area (Å²) < 4.78 is 1.42. The van der Waals surface area contributed by atoms with Crippen molar-refractivity contribution < 1.29 is 14.7 Å². The lowest BCUT2D eigenvalue weighted by atomic mass is 10.3. The number of likely N-dealkylation sites (N-methyl/N-ethyl adjacent to an activating group) is 1. The Morgan fingerprint density at radius 1 is 1.41 bits per heavy atom. The molecule has 0 radical (unpaired) electrons. The van der Waals surface area contributed by atoms with Crippen molar-refractivity contribution in [2.75, 3.05) is 13.1 Å². The Morgan fingerprint density at radius 2 is 2.00 bits per heavy atom. The molecular weight excluding hydrogens is 222 g/mol. The van der Waals surface area contributed by atoms with E-state index >= 15 is 0 Å². The van der Waals surface area contributed by atoms with Gasteiger partial charge in [0.15, 0.2) is 0 Å². The minimum absolute atomic E-state index is 0.0573. The highest BCUT2D eigenvalue weighted by molar-refractivity contribution is 5.88. The van der Waals surface area contributed by atoms with Crippen LogP contribution >= 0.6 is 0 Å². The molecule has 17 heavy (non-hydrogen) atoms. The predicted molar refractivity (Wildman–Crippen MR) is 61.9 cm³/mol. The van der Waals surface area contributed by atoms with Gasteiger partial charge in [-0.3, -0.25) is 9.48 Å². The summed E-state index contributed by atoms with van der Waals surface area (Å²) in [7, 11) is 0. The largest absolute Gasteiger partial charge is 0.478 e. The van der Waals surface area contributed by atoms with E-state index in [0.29, 0.717) is 18.8 Å². The quantitative estimate of drug-likeness (QED) is 0.823. The standard InChI is InChI=1S/C11H17N3O3/c1-4-13(5-2)10(15)7-14-8(3)9(6-12-14)11(16)17/h6H,4-5,7H2,1-3H3,(H,16,17). The van der Waals surface area contributed by atoms with Gasteiger partial charge >= 0.3 is 5.97 Å². The number of aromatic carboxylic acids is 1. The highest BCUT2D eigenvalue weighted by Crippen LogP contribution is 2.07. The number of nitrogens with zero attached hydrogens (tertiary/aromatic N) is 3. The van der Waals surface area contributed by atoms with Crippen molar-refractivity contribution in [2.24, 2.45) is 0 Å². The van der Waals surface area contributed by atoms with E-state index in [2.05, 4.69) is 5.10 Å². The number of carbonyl (C=O) groups excluding carboxylic acids is 1. The van der Waals surface area contributed by atoms with E-state index in [1.807, 2.05) is 13.8 Å². The number of aromatic nitrogens is 2. The van der Waals surface area contributed by atoms with Gasteiger partial charge in [0, 0.05) is 13.1 Å². The van der Waals surface area contributed by atoms with Crippen LogP contribution in [0.3, 0.4) is 0 Å². The Bertz CT molecular complexity index is 422. The molecule has 94 valence electrons. The third kappa shape index (κ3) is 2.83. The fourth-order valence-corrected chi connectivity index (χ4v) is 1.62. The first-order valence-electron chi connectivity index (χ1n) is 5.54. The van der Waals surface area contributed by atoms with Gasteiger partial charge in [-0.05, 0) is 20.8 Å². The third-order valence-electron chi connectivity index (χ3n) is 2.73. The second kappa shape index (κ2) is 5.47. The molecule has 1 N–H and O–H groups in total. The van der Waals surface area contributed by atoms with Gasteiger partial charge in [-0.25, -0.2) is 4.79 Å². The Balaban J connectivity index is 2.82. The fourth-order valence-electron chi connectivity index (χ4n) is 1.62. The first-order chi connectivity index (χ1) is 8.01. The molecule has 0 aromatic carbocycles. The molecule has 0 spiro atoms. The lowest BCUT2D eigenvalue weighted by Crippen LogP contribution is -2.34. The first-order valence-corrected chi connectivity index (χ1v) is 5.54. The van der Waals surface area contributed by atoms with Gasteiger partial charge in [-0.2, -0.15) is 5.10 Å². The lowest BCUT2D eigenvalue weighted by Gasteiger charge is -2.18. The summed E-state index contributed by atoms with van der Waals surface area (Å²) in [5, 5.41) is 12.8. The SMILES string of the molecule is CCN(CC)C(=O)Cn1ncc(C(=O)O)c1C. The van der Waals surface area contributed by atoms with E-state index in [-0.39, 0.29) is 18.0 Å². The molecule has 0 saturated carbocycles. The van der Waals surface area contributed by atoms with E-state index in [4.69, 9.17) is 5.11 Å². The summed E-state index contributed by atoms with van der Waals surface area (Å²) in [4.78, 5) is 24.3. The molecule has 6 nitrogen and oxygen atoms in total. The Hall–Kier alpha value is -1.85. The van der Waals surface area contributed by atoms with Crippen LogP contribution in [0.25, 0.3) is 0 Å². The topological polar surface area (TPSA) is 75.4 Å². The van der Waals surface area contributed by atoms with Crippen LogP contribution in [0.2, 0.25) is 0 Å².